The van der Waals surface area contributed by atoms with Gasteiger partial charge in [0.05, 0.1) is 17.9 Å². The first kappa shape index (κ1) is 12.2. The van der Waals surface area contributed by atoms with Gasteiger partial charge in [-0.25, -0.2) is 4.98 Å². The van der Waals surface area contributed by atoms with Crippen LogP contribution in [0.3, 0.4) is 0 Å². The molecule has 0 aliphatic carbocycles. The quantitative estimate of drug-likeness (QED) is 0.824. The summed E-state index contributed by atoms with van der Waals surface area (Å²) in [6.07, 6.45) is 5.32. The van der Waals surface area contributed by atoms with Crippen LogP contribution in [0.15, 0.2) is 6.33 Å². The molecule has 0 saturated carbocycles. The second kappa shape index (κ2) is 4.68. The molecule has 2 N–H and O–H groups in total. The van der Waals surface area contributed by atoms with Crippen molar-refractivity contribution in [2.45, 2.75) is 32.2 Å². The van der Waals surface area contributed by atoms with Gasteiger partial charge in [-0.1, -0.05) is 0 Å². The number of rotatable bonds is 2. The van der Waals surface area contributed by atoms with Gasteiger partial charge in [0, 0.05) is 19.6 Å². The SMILES string of the molecule is NC(=O)c1ncn2c1CCC(C(=O)N1CCCC1)C2. The number of nitrogens with zero attached hydrogens (tertiary/aromatic N) is 3. The fraction of sp³-hybridized carbons (Fsp3) is 0.615. The van der Waals surface area contributed by atoms with Crippen molar-refractivity contribution in [1.82, 2.24) is 14.5 Å². The zero-order valence-corrected chi connectivity index (χ0v) is 10.8. The summed E-state index contributed by atoms with van der Waals surface area (Å²) in [5.41, 5.74) is 6.51. The Morgan fingerprint density at radius 1 is 1.32 bits per heavy atom. The fourth-order valence-corrected chi connectivity index (χ4v) is 3.07. The van der Waals surface area contributed by atoms with Gasteiger partial charge in [0.15, 0.2) is 0 Å². The molecule has 19 heavy (non-hydrogen) atoms. The lowest BCUT2D eigenvalue weighted by Gasteiger charge is -2.27. The molecular formula is C13H18N4O2. The molecule has 1 saturated heterocycles. The Morgan fingerprint density at radius 2 is 2.05 bits per heavy atom. The molecule has 2 amide bonds. The van der Waals surface area contributed by atoms with Gasteiger partial charge < -0.3 is 15.2 Å². The first-order chi connectivity index (χ1) is 9.16. The molecule has 0 bridgehead atoms. The van der Waals surface area contributed by atoms with Crippen molar-refractivity contribution < 1.29 is 9.59 Å². The highest BCUT2D eigenvalue weighted by atomic mass is 16.2. The smallest absolute Gasteiger partial charge is 0.269 e. The summed E-state index contributed by atoms with van der Waals surface area (Å²) in [6, 6.07) is 0. The molecule has 2 aliphatic rings. The van der Waals surface area contributed by atoms with E-state index in [1.54, 1.807) is 6.33 Å². The maximum atomic E-state index is 12.4. The summed E-state index contributed by atoms with van der Waals surface area (Å²) in [5, 5.41) is 0. The van der Waals surface area contributed by atoms with Crippen LogP contribution in [-0.2, 0) is 17.8 Å². The van der Waals surface area contributed by atoms with Gasteiger partial charge in [-0.05, 0) is 25.7 Å². The van der Waals surface area contributed by atoms with E-state index in [0.717, 1.165) is 38.0 Å². The number of imidazole rings is 1. The number of primary amides is 1. The van der Waals surface area contributed by atoms with Gasteiger partial charge >= 0.3 is 0 Å². The Bertz CT molecular complexity index is 517. The van der Waals surface area contributed by atoms with Gasteiger partial charge in [-0.3, -0.25) is 9.59 Å². The molecule has 6 heteroatoms. The zero-order valence-electron chi connectivity index (χ0n) is 10.8. The van der Waals surface area contributed by atoms with Crippen LogP contribution in [0.2, 0.25) is 0 Å². The average molecular weight is 262 g/mol. The van der Waals surface area contributed by atoms with Gasteiger partial charge in [0.2, 0.25) is 5.91 Å². The van der Waals surface area contributed by atoms with Crippen molar-refractivity contribution in [1.29, 1.82) is 0 Å². The fourth-order valence-electron chi connectivity index (χ4n) is 3.07. The molecule has 1 aromatic rings. The van der Waals surface area contributed by atoms with Gasteiger partial charge in [0.1, 0.15) is 5.69 Å². The second-order valence-corrected chi connectivity index (χ2v) is 5.32. The monoisotopic (exact) mass is 262 g/mol. The van der Waals surface area contributed by atoms with Crippen molar-refractivity contribution in [3.05, 3.63) is 17.7 Å². The molecule has 3 heterocycles. The Kier molecular flexibility index (Phi) is 3.00. The predicted octanol–water partition coefficient (Wildman–Crippen LogP) is 0.167. The van der Waals surface area contributed by atoms with E-state index in [-0.39, 0.29) is 11.8 Å². The Morgan fingerprint density at radius 3 is 2.74 bits per heavy atom. The van der Waals surface area contributed by atoms with E-state index in [1.807, 2.05) is 9.47 Å². The maximum Gasteiger partial charge on any atom is 0.269 e. The lowest BCUT2D eigenvalue weighted by Crippen LogP contribution is -2.38. The first-order valence-corrected chi connectivity index (χ1v) is 6.79. The Labute approximate surface area is 111 Å². The van der Waals surface area contributed by atoms with Crippen LogP contribution in [0.5, 0.6) is 0 Å². The van der Waals surface area contributed by atoms with Crippen LogP contribution in [-0.4, -0.2) is 39.4 Å². The molecule has 0 spiro atoms. The van der Waals surface area contributed by atoms with Crippen LogP contribution in [0.4, 0.5) is 0 Å². The van der Waals surface area contributed by atoms with Crippen molar-refractivity contribution in [2.24, 2.45) is 11.7 Å². The summed E-state index contributed by atoms with van der Waals surface area (Å²) >= 11 is 0. The number of hydrogen-bond donors (Lipinski definition) is 1. The molecule has 2 aliphatic heterocycles. The molecule has 1 unspecified atom stereocenters. The molecule has 3 rings (SSSR count). The summed E-state index contributed by atoms with van der Waals surface area (Å²) in [4.78, 5) is 29.6. The highest BCUT2D eigenvalue weighted by Gasteiger charge is 2.31. The minimum absolute atomic E-state index is 0.0144. The number of fused-ring (bicyclic) bond motifs is 1. The molecule has 102 valence electrons. The minimum Gasteiger partial charge on any atom is -0.364 e. The average Bonchev–Trinajstić information content (AvgIpc) is 3.06. The number of amides is 2. The first-order valence-electron chi connectivity index (χ1n) is 6.79. The summed E-state index contributed by atoms with van der Waals surface area (Å²) in [7, 11) is 0. The Hall–Kier alpha value is -1.85. The predicted molar refractivity (Wildman–Crippen MR) is 68.4 cm³/mol. The molecule has 1 fully saturated rings. The minimum atomic E-state index is -0.488. The molecule has 0 radical (unpaired) electrons. The highest BCUT2D eigenvalue weighted by Crippen LogP contribution is 2.25. The third-order valence-corrected chi connectivity index (χ3v) is 4.09. The molecule has 1 aromatic heterocycles. The topological polar surface area (TPSA) is 81.2 Å². The molecular weight excluding hydrogens is 244 g/mol. The van der Waals surface area contributed by atoms with E-state index in [9.17, 15) is 9.59 Å². The van der Waals surface area contributed by atoms with E-state index in [0.29, 0.717) is 18.7 Å². The van der Waals surface area contributed by atoms with Crippen LogP contribution >= 0.6 is 0 Å². The third kappa shape index (κ3) is 2.11. The van der Waals surface area contributed by atoms with Crippen molar-refractivity contribution in [2.75, 3.05) is 13.1 Å². The van der Waals surface area contributed by atoms with Gasteiger partial charge in [-0.15, -0.1) is 0 Å². The lowest BCUT2D eigenvalue weighted by atomic mass is 9.95. The van der Waals surface area contributed by atoms with E-state index < -0.39 is 5.91 Å². The lowest BCUT2D eigenvalue weighted by molar-refractivity contribution is -0.135. The van der Waals surface area contributed by atoms with E-state index in [1.165, 1.54) is 0 Å². The second-order valence-electron chi connectivity index (χ2n) is 5.32. The molecule has 0 aromatic carbocycles. The number of likely N-dealkylation sites (tertiary alicyclic amines) is 1. The van der Waals surface area contributed by atoms with Crippen molar-refractivity contribution in [3.63, 3.8) is 0 Å². The van der Waals surface area contributed by atoms with Gasteiger partial charge in [0.25, 0.3) is 5.91 Å². The van der Waals surface area contributed by atoms with E-state index >= 15 is 0 Å². The zero-order chi connectivity index (χ0) is 13.4. The maximum absolute atomic E-state index is 12.4. The van der Waals surface area contributed by atoms with Gasteiger partial charge in [-0.2, -0.15) is 0 Å². The normalized spacial score (nSPS) is 22.3. The third-order valence-electron chi connectivity index (χ3n) is 4.09. The van der Waals surface area contributed by atoms with Crippen molar-refractivity contribution >= 4 is 11.8 Å². The summed E-state index contributed by atoms with van der Waals surface area (Å²) in [6.45, 7) is 2.39. The number of carbonyl (C=O) groups is 2. The molecule has 1 atom stereocenters. The van der Waals surface area contributed by atoms with Crippen molar-refractivity contribution in [3.8, 4) is 0 Å². The number of carbonyl (C=O) groups excluding carboxylic acids is 2. The van der Waals surface area contributed by atoms with E-state index in [4.69, 9.17) is 5.73 Å². The number of hydrogen-bond acceptors (Lipinski definition) is 3. The standard InChI is InChI=1S/C13H18N4O2/c14-12(18)11-10-4-3-9(7-17(10)8-15-11)13(19)16-5-1-2-6-16/h8-9H,1-7H2,(H2,14,18). The van der Waals surface area contributed by atoms with Crippen LogP contribution < -0.4 is 5.73 Å². The van der Waals surface area contributed by atoms with E-state index in [2.05, 4.69) is 4.98 Å². The summed E-state index contributed by atoms with van der Waals surface area (Å²) in [5.74, 6) is -0.226. The van der Waals surface area contributed by atoms with Crippen LogP contribution in [0, 0.1) is 5.92 Å². The summed E-state index contributed by atoms with van der Waals surface area (Å²) < 4.78 is 1.90. The largest absolute Gasteiger partial charge is 0.364 e. The van der Waals surface area contributed by atoms with Crippen LogP contribution in [0.1, 0.15) is 35.4 Å². The Balaban J connectivity index is 1.75. The number of aromatic nitrogens is 2. The highest BCUT2D eigenvalue weighted by molar-refractivity contribution is 5.92. The molecule has 6 nitrogen and oxygen atoms in total. The van der Waals surface area contributed by atoms with Crippen LogP contribution in [0.25, 0.3) is 0 Å². The number of nitrogens with two attached hydrogens (primary N) is 1.